The number of Topliss-reactive ketones (excluding diaryl/α,β-unsaturated/α-hetero) is 1. The highest BCUT2D eigenvalue weighted by atomic mass is 16.7. The van der Waals surface area contributed by atoms with Gasteiger partial charge in [0.25, 0.3) is 5.79 Å². The molecule has 0 aromatic heterocycles. The number of benzene rings is 1. The molecule has 4 atom stereocenters. The van der Waals surface area contributed by atoms with E-state index in [0.29, 0.717) is 18.4 Å². The summed E-state index contributed by atoms with van der Waals surface area (Å²) in [5, 5.41) is 0. The summed E-state index contributed by atoms with van der Waals surface area (Å²) in [4.78, 5) is 26.9. The molecule has 2 heterocycles. The quantitative estimate of drug-likeness (QED) is 0.1000. The van der Waals surface area contributed by atoms with Crippen molar-refractivity contribution in [2.24, 2.45) is 5.92 Å². The maximum Gasteiger partial charge on any atom is 0.311 e. The van der Waals surface area contributed by atoms with Crippen molar-refractivity contribution in [1.29, 1.82) is 0 Å². The molecule has 2 aliphatic heterocycles. The second-order valence-electron chi connectivity index (χ2n) is 11.2. The van der Waals surface area contributed by atoms with Crippen molar-refractivity contribution in [3.63, 3.8) is 0 Å². The first-order valence-electron chi connectivity index (χ1n) is 15.6. The van der Waals surface area contributed by atoms with Crippen molar-refractivity contribution >= 4 is 11.8 Å². The van der Waals surface area contributed by atoms with E-state index < -0.39 is 17.8 Å². The van der Waals surface area contributed by atoms with E-state index in [1.807, 2.05) is 18.2 Å². The lowest BCUT2D eigenvalue weighted by atomic mass is 9.87. The first-order valence-corrected chi connectivity index (χ1v) is 15.6. The summed E-state index contributed by atoms with van der Waals surface area (Å²) in [5.41, 5.74) is 0.515. The number of hydrogen-bond acceptors (Lipinski definition) is 5. The molecule has 0 saturated carbocycles. The summed E-state index contributed by atoms with van der Waals surface area (Å²) in [7, 11) is 0. The molecule has 216 valence electrons. The van der Waals surface area contributed by atoms with Crippen LogP contribution in [0, 0.1) is 5.92 Å². The van der Waals surface area contributed by atoms with E-state index in [0.717, 1.165) is 44.9 Å². The highest BCUT2D eigenvalue weighted by molar-refractivity contribution is 6.03. The highest BCUT2D eigenvalue weighted by Gasteiger charge is 2.48. The van der Waals surface area contributed by atoms with Gasteiger partial charge in [0.05, 0.1) is 18.3 Å². The third kappa shape index (κ3) is 9.94. The minimum Gasteiger partial charge on any atom is -0.462 e. The van der Waals surface area contributed by atoms with Crippen molar-refractivity contribution in [2.45, 2.75) is 135 Å². The predicted molar refractivity (Wildman–Crippen MR) is 156 cm³/mol. The van der Waals surface area contributed by atoms with Gasteiger partial charge in [-0.2, -0.15) is 0 Å². The van der Waals surface area contributed by atoms with Crippen LogP contribution in [-0.4, -0.2) is 29.7 Å². The Labute approximate surface area is 236 Å². The van der Waals surface area contributed by atoms with Crippen LogP contribution in [0.5, 0.6) is 0 Å². The van der Waals surface area contributed by atoms with Crippen molar-refractivity contribution in [2.75, 3.05) is 0 Å². The first kappa shape index (κ1) is 31.1. The molecule has 1 aromatic rings. The van der Waals surface area contributed by atoms with Crippen molar-refractivity contribution in [1.82, 2.24) is 0 Å². The zero-order valence-electron chi connectivity index (χ0n) is 24.3. The van der Waals surface area contributed by atoms with E-state index in [1.54, 1.807) is 30.4 Å². The second kappa shape index (κ2) is 17.3. The van der Waals surface area contributed by atoms with Crippen LogP contribution >= 0.6 is 0 Å². The number of ketones is 1. The number of unbranched alkanes of at least 4 members (excludes halogenated alkanes) is 11. The molecule has 1 saturated heterocycles. The van der Waals surface area contributed by atoms with Gasteiger partial charge in [-0.25, -0.2) is 0 Å². The zero-order chi connectivity index (χ0) is 27.8. The Hall–Kier alpha value is -2.40. The van der Waals surface area contributed by atoms with Crippen molar-refractivity contribution in [3.05, 3.63) is 60.4 Å². The standard InChI is InChI=1S/C34H50O5/c1-3-5-7-9-10-11-12-13-17-23-29-27-31(30(33(36)38-29)24-18-8-6-4-2)39-34(25-19-20-26-37-34)32(35)28-21-15-14-16-22-28/h14-16,19-22,25-26,29-31H,3-13,17-18,23-24,27H2,1-2H3/t29-,30+,31+,34?/m1/s1. The topological polar surface area (TPSA) is 61.8 Å². The summed E-state index contributed by atoms with van der Waals surface area (Å²) >= 11 is 0. The molecule has 1 unspecified atom stereocenters. The van der Waals surface area contributed by atoms with Crippen LogP contribution < -0.4 is 0 Å². The van der Waals surface area contributed by atoms with E-state index in [9.17, 15) is 9.59 Å². The Morgan fingerprint density at radius 3 is 2.10 bits per heavy atom. The number of hydrogen-bond donors (Lipinski definition) is 0. The number of rotatable bonds is 19. The van der Waals surface area contributed by atoms with E-state index in [2.05, 4.69) is 13.8 Å². The van der Waals surface area contributed by atoms with Gasteiger partial charge in [0.1, 0.15) is 6.10 Å². The van der Waals surface area contributed by atoms with E-state index in [-0.39, 0.29) is 17.9 Å². The van der Waals surface area contributed by atoms with Gasteiger partial charge in [-0.1, -0.05) is 127 Å². The summed E-state index contributed by atoms with van der Waals surface area (Å²) < 4.78 is 18.5. The number of carbonyl (C=O) groups excluding carboxylic acids is 2. The molecule has 0 N–H and O–H groups in total. The summed E-state index contributed by atoms with van der Waals surface area (Å²) in [6, 6.07) is 9.08. The third-order valence-corrected chi connectivity index (χ3v) is 7.96. The van der Waals surface area contributed by atoms with Crippen LogP contribution in [-0.2, 0) is 19.0 Å². The Bertz CT molecular complexity index is 907. The first-order chi connectivity index (χ1) is 19.1. The van der Waals surface area contributed by atoms with Crippen molar-refractivity contribution < 1.29 is 23.8 Å². The molecule has 5 heteroatoms. The normalized spacial score (nSPS) is 24.4. The molecule has 0 aliphatic carbocycles. The summed E-state index contributed by atoms with van der Waals surface area (Å²) in [6.07, 6.45) is 23.8. The average molecular weight is 539 g/mol. The Morgan fingerprint density at radius 1 is 0.846 bits per heavy atom. The van der Waals surface area contributed by atoms with Crippen LogP contribution in [0.2, 0.25) is 0 Å². The molecule has 0 spiro atoms. The Kier molecular flexibility index (Phi) is 13.8. The third-order valence-electron chi connectivity index (χ3n) is 7.96. The van der Waals surface area contributed by atoms with Crippen LogP contribution in [0.3, 0.4) is 0 Å². The van der Waals surface area contributed by atoms with Crippen molar-refractivity contribution in [3.8, 4) is 0 Å². The predicted octanol–water partition coefficient (Wildman–Crippen LogP) is 8.87. The number of carbonyl (C=O) groups is 2. The smallest absolute Gasteiger partial charge is 0.311 e. The summed E-state index contributed by atoms with van der Waals surface area (Å²) in [6.45, 7) is 4.43. The van der Waals surface area contributed by atoms with Crippen LogP contribution in [0.25, 0.3) is 0 Å². The molecule has 0 radical (unpaired) electrons. The van der Waals surface area contributed by atoms with Gasteiger partial charge < -0.3 is 14.2 Å². The second-order valence-corrected chi connectivity index (χ2v) is 11.2. The number of esters is 1. The highest BCUT2D eigenvalue weighted by Crippen LogP contribution is 2.36. The fraction of sp³-hybridized carbons (Fsp3) is 0.647. The molecule has 0 bridgehead atoms. The van der Waals surface area contributed by atoms with Gasteiger partial charge >= 0.3 is 5.97 Å². The largest absolute Gasteiger partial charge is 0.462 e. The SMILES string of the molecule is CCCCCCCCCCC[C@@H]1C[C@H](OC2(C(=O)c3ccccc3)C=CC=CO2)[C@H](CCCCCC)C(=O)O1. The van der Waals surface area contributed by atoms with Crippen LogP contribution in [0.15, 0.2) is 54.8 Å². The number of ether oxygens (including phenoxy) is 3. The average Bonchev–Trinajstić information content (AvgIpc) is 2.96. The fourth-order valence-corrected chi connectivity index (χ4v) is 5.63. The Morgan fingerprint density at radius 2 is 1.46 bits per heavy atom. The number of allylic oxidation sites excluding steroid dienone is 2. The molecule has 5 nitrogen and oxygen atoms in total. The minimum absolute atomic E-state index is 0.189. The fourth-order valence-electron chi connectivity index (χ4n) is 5.63. The molecule has 2 aliphatic rings. The molecule has 0 amide bonds. The minimum atomic E-state index is -1.58. The van der Waals surface area contributed by atoms with E-state index in [1.165, 1.54) is 51.2 Å². The molecule has 1 fully saturated rings. The molecular formula is C34H50O5. The monoisotopic (exact) mass is 538 g/mol. The molecule has 1 aromatic carbocycles. The maximum absolute atomic E-state index is 13.7. The molecule has 39 heavy (non-hydrogen) atoms. The van der Waals surface area contributed by atoms with Crippen LogP contribution in [0.4, 0.5) is 0 Å². The zero-order valence-corrected chi connectivity index (χ0v) is 24.3. The molecule has 3 rings (SSSR count). The van der Waals surface area contributed by atoms with Gasteiger partial charge in [0.2, 0.25) is 5.78 Å². The Balaban J connectivity index is 1.64. The van der Waals surface area contributed by atoms with Gasteiger partial charge in [0, 0.05) is 12.0 Å². The lowest BCUT2D eigenvalue weighted by molar-refractivity contribution is -0.214. The maximum atomic E-state index is 13.7. The lowest BCUT2D eigenvalue weighted by Crippen LogP contribution is -2.51. The lowest BCUT2D eigenvalue weighted by Gasteiger charge is -2.40. The van der Waals surface area contributed by atoms with Gasteiger partial charge in [0.15, 0.2) is 0 Å². The van der Waals surface area contributed by atoms with Gasteiger partial charge in [-0.3, -0.25) is 9.59 Å². The summed E-state index contributed by atoms with van der Waals surface area (Å²) in [5.74, 6) is -2.43. The number of cyclic esters (lactones) is 1. The van der Waals surface area contributed by atoms with Gasteiger partial charge in [-0.15, -0.1) is 0 Å². The van der Waals surface area contributed by atoms with E-state index >= 15 is 0 Å². The molecular weight excluding hydrogens is 488 g/mol. The van der Waals surface area contributed by atoms with Crippen LogP contribution in [0.1, 0.15) is 127 Å². The van der Waals surface area contributed by atoms with E-state index in [4.69, 9.17) is 14.2 Å². The van der Waals surface area contributed by atoms with Gasteiger partial charge in [-0.05, 0) is 31.4 Å².